The van der Waals surface area contributed by atoms with E-state index in [9.17, 15) is 9.59 Å². The van der Waals surface area contributed by atoms with Crippen molar-refractivity contribution in [3.8, 4) is 0 Å². The first-order chi connectivity index (χ1) is 11.1. The van der Waals surface area contributed by atoms with Gasteiger partial charge >= 0.3 is 0 Å². The average molecular weight is 315 g/mol. The van der Waals surface area contributed by atoms with E-state index in [1.54, 1.807) is 6.08 Å². The Labute approximate surface area is 138 Å². The molecule has 1 saturated heterocycles. The van der Waals surface area contributed by atoms with Crippen molar-refractivity contribution in [2.45, 2.75) is 13.3 Å². The molecular formula is C18H25N3O2. The summed E-state index contributed by atoms with van der Waals surface area (Å²) in [6, 6.07) is 9.77. The van der Waals surface area contributed by atoms with Crippen LogP contribution in [0.15, 0.2) is 36.4 Å². The first-order valence-electron chi connectivity index (χ1n) is 8.04. The maximum absolute atomic E-state index is 12.1. The highest BCUT2D eigenvalue weighted by molar-refractivity contribution is 5.95. The van der Waals surface area contributed by atoms with Crippen molar-refractivity contribution in [1.29, 1.82) is 0 Å². The topological polar surface area (TPSA) is 52.7 Å². The highest BCUT2D eigenvalue weighted by atomic mass is 16.2. The summed E-state index contributed by atoms with van der Waals surface area (Å²) in [5.74, 6) is -0.0420. The number of hydrogen-bond donors (Lipinski definition) is 1. The third-order valence-corrected chi connectivity index (χ3v) is 4.07. The molecule has 1 aromatic carbocycles. The molecule has 0 spiro atoms. The minimum atomic E-state index is -0.155. The highest BCUT2D eigenvalue weighted by Gasteiger charge is 2.18. The van der Waals surface area contributed by atoms with Gasteiger partial charge in [-0.1, -0.05) is 30.3 Å². The van der Waals surface area contributed by atoms with Gasteiger partial charge in [0.15, 0.2) is 0 Å². The molecule has 2 amide bonds. The molecule has 1 fully saturated rings. The summed E-state index contributed by atoms with van der Waals surface area (Å²) in [4.78, 5) is 28.1. The Morgan fingerprint density at radius 2 is 1.78 bits per heavy atom. The summed E-state index contributed by atoms with van der Waals surface area (Å²) < 4.78 is 0. The van der Waals surface area contributed by atoms with E-state index in [0.29, 0.717) is 13.0 Å². The van der Waals surface area contributed by atoms with Gasteiger partial charge in [0.05, 0.1) is 0 Å². The van der Waals surface area contributed by atoms with Crippen LogP contribution >= 0.6 is 0 Å². The third-order valence-electron chi connectivity index (χ3n) is 4.07. The van der Waals surface area contributed by atoms with Crippen LogP contribution in [0.4, 0.5) is 0 Å². The Hall–Kier alpha value is -2.14. The number of nitrogens with one attached hydrogen (secondary N) is 1. The quantitative estimate of drug-likeness (QED) is 0.835. The van der Waals surface area contributed by atoms with Crippen LogP contribution in [0.2, 0.25) is 0 Å². The van der Waals surface area contributed by atoms with Crippen molar-refractivity contribution >= 4 is 17.4 Å². The Bertz CT molecular complexity index is 561. The van der Waals surface area contributed by atoms with E-state index in [2.05, 4.69) is 17.3 Å². The molecule has 5 heteroatoms. The summed E-state index contributed by atoms with van der Waals surface area (Å²) in [5, 5.41) is 2.79. The smallest absolute Gasteiger partial charge is 0.244 e. The predicted octanol–water partition coefficient (Wildman–Crippen LogP) is 1.37. The number of carbonyl (C=O) groups excluding carboxylic acids is 2. The number of allylic oxidation sites excluding steroid dienone is 1. The molecule has 0 radical (unpaired) electrons. The standard InChI is InChI=1S/C18H25N3O2/c1-15(16-6-4-3-5-7-16)14-17(22)19-9-8-18(23)21-12-10-20(2)11-13-21/h3-7,14H,8-13H2,1-2H3,(H,19,22)/b15-14-. The Morgan fingerprint density at radius 3 is 2.43 bits per heavy atom. The van der Waals surface area contributed by atoms with Gasteiger partial charge in [-0.2, -0.15) is 0 Å². The molecule has 1 aliphatic heterocycles. The van der Waals surface area contributed by atoms with Gasteiger partial charge in [-0.25, -0.2) is 0 Å². The minimum absolute atomic E-state index is 0.113. The van der Waals surface area contributed by atoms with Gasteiger partial charge in [0.2, 0.25) is 11.8 Å². The van der Waals surface area contributed by atoms with Crippen LogP contribution in [-0.2, 0) is 9.59 Å². The first kappa shape index (κ1) is 17.2. The van der Waals surface area contributed by atoms with Crippen molar-refractivity contribution < 1.29 is 9.59 Å². The number of carbonyl (C=O) groups is 2. The number of likely N-dealkylation sites (N-methyl/N-ethyl adjacent to an activating group) is 1. The van der Waals surface area contributed by atoms with Crippen LogP contribution in [0, 0.1) is 0 Å². The number of rotatable bonds is 5. The fourth-order valence-electron chi connectivity index (χ4n) is 2.54. The van der Waals surface area contributed by atoms with E-state index in [-0.39, 0.29) is 11.8 Å². The van der Waals surface area contributed by atoms with Gasteiger partial charge < -0.3 is 15.1 Å². The van der Waals surface area contributed by atoms with Gasteiger partial charge in [0, 0.05) is 45.2 Å². The van der Waals surface area contributed by atoms with Gasteiger partial charge in [0.1, 0.15) is 0 Å². The van der Waals surface area contributed by atoms with E-state index in [1.807, 2.05) is 42.2 Å². The number of hydrogen-bond acceptors (Lipinski definition) is 3. The molecule has 0 aromatic heterocycles. The molecule has 1 N–H and O–H groups in total. The molecule has 0 unspecified atom stereocenters. The average Bonchev–Trinajstić information content (AvgIpc) is 2.56. The van der Waals surface area contributed by atoms with Crippen molar-refractivity contribution in [2.75, 3.05) is 39.8 Å². The van der Waals surface area contributed by atoms with Crippen molar-refractivity contribution in [3.05, 3.63) is 42.0 Å². The molecule has 0 aliphatic carbocycles. The SMILES string of the molecule is C/C(=C/C(=O)NCCC(=O)N1CCN(C)CC1)c1ccccc1. The number of nitrogens with zero attached hydrogens (tertiary/aromatic N) is 2. The molecule has 5 nitrogen and oxygen atoms in total. The summed E-state index contributed by atoms with van der Waals surface area (Å²) in [7, 11) is 2.06. The van der Waals surface area contributed by atoms with Gasteiger partial charge in [-0.15, -0.1) is 0 Å². The zero-order valence-electron chi connectivity index (χ0n) is 13.9. The van der Waals surface area contributed by atoms with Gasteiger partial charge in [-0.05, 0) is 25.1 Å². The summed E-state index contributed by atoms with van der Waals surface area (Å²) in [5.41, 5.74) is 1.93. The van der Waals surface area contributed by atoms with E-state index < -0.39 is 0 Å². The Balaban J connectivity index is 1.73. The van der Waals surface area contributed by atoms with E-state index in [0.717, 1.165) is 37.3 Å². The van der Waals surface area contributed by atoms with Crippen LogP contribution < -0.4 is 5.32 Å². The van der Waals surface area contributed by atoms with Crippen LogP contribution in [0.1, 0.15) is 18.9 Å². The summed E-state index contributed by atoms with van der Waals surface area (Å²) >= 11 is 0. The fraction of sp³-hybridized carbons (Fsp3) is 0.444. The number of piperazine rings is 1. The molecule has 124 valence electrons. The van der Waals surface area contributed by atoms with Crippen LogP contribution in [0.5, 0.6) is 0 Å². The molecule has 0 saturated carbocycles. The molecule has 2 rings (SSSR count). The lowest BCUT2D eigenvalue weighted by atomic mass is 10.1. The lowest BCUT2D eigenvalue weighted by molar-refractivity contribution is -0.132. The minimum Gasteiger partial charge on any atom is -0.352 e. The summed E-state index contributed by atoms with van der Waals surface area (Å²) in [6.07, 6.45) is 1.93. The number of amides is 2. The first-order valence-corrected chi connectivity index (χ1v) is 8.04. The monoisotopic (exact) mass is 315 g/mol. The van der Waals surface area contributed by atoms with Crippen LogP contribution in [-0.4, -0.2) is 61.4 Å². The normalized spacial score (nSPS) is 16.3. The largest absolute Gasteiger partial charge is 0.352 e. The Morgan fingerprint density at radius 1 is 1.13 bits per heavy atom. The van der Waals surface area contributed by atoms with E-state index in [4.69, 9.17) is 0 Å². The zero-order valence-corrected chi connectivity index (χ0v) is 13.9. The molecule has 0 bridgehead atoms. The molecule has 1 aliphatic rings. The Kier molecular flexibility index (Phi) is 6.35. The van der Waals surface area contributed by atoms with Crippen molar-refractivity contribution in [2.24, 2.45) is 0 Å². The molecular weight excluding hydrogens is 290 g/mol. The molecule has 23 heavy (non-hydrogen) atoms. The zero-order chi connectivity index (χ0) is 16.7. The highest BCUT2D eigenvalue weighted by Crippen LogP contribution is 2.12. The second-order valence-corrected chi connectivity index (χ2v) is 5.92. The lowest BCUT2D eigenvalue weighted by Crippen LogP contribution is -2.47. The van der Waals surface area contributed by atoms with Crippen molar-refractivity contribution in [3.63, 3.8) is 0 Å². The van der Waals surface area contributed by atoms with Gasteiger partial charge in [-0.3, -0.25) is 9.59 Å². The maximum Gasteiger partial charge on any atom is 0.244 e. The summed E-state index contributed by atoms with van der Waals surface area (Å²) in [6.45, 7) is 5.66. The number of benzene rings is 1. The van der Waals surface area contributed by atoms with Crippen LogP contribution in [0.25, 0.3) is 5.57 Å². The van der Waals surface area contributed by atoms with Crippen molar-refractivity contribution in [1.82, 2.24) is 15.1 Å². The second kappa shape index (κ2) is 8.48. The maximum atomic E-state index is 12.1. The fourth-order valence-corrected chi connectivity index (χ4v) is 2.54. The predicted molar refractivity (Wildman–Crippen MR) is 91.8 cm³/mol. The lowest BCUT2D eigenvalue weighted by Gasteiger charge is -2.32. The third kappa shape index (κ3) is 5.53. The van der Waals surface area contributed by atoms with E-state index in [1.165, 1.54) is 0 Å². The molecule has 1 heterocycles. The molecule has 1 aromatic rings. The molecule has 0 atom stereocenters. The van der Waals surface area contributed by atoms with Gasteiger partial charge in [0.25, 0.3) is 0 Å². The van der Waals surface area contributed by atoms with Crippen LogP contribution in [0.3, 0.4) is 0 Å². The van der Waals surface area contributed by atoms with E-state index >= 15 is 0 Å². The second-order valence-electron chi connectivity index (χ2n) is 5.92.